The maximum Gasteiger partial charge on any atom is 0.252 e. The molecule has 1 aliphatic heterocycles. The summed E-state index contributed by atoms with van der Waals surface area (Å²) in [5, 5.41) is 8.50. The molecule has 0 aliphatic carbocycles. The van der Waals surface area contributed by atoms with E-state index in [2.05, 4.69) is 15.5 Å². The van der Waals surface area contributed by atoms with Crippen molar-refractivity contribution in [2.45, 2.75) is 30.5 Å². The van der Waals surface area contributed by atoms with Gasteiger partial charge in [0.2, 0.25) is 17.6 Å². The Morgan fingerprint density at radius 3 is 2.97 bits per heavy atom. The van der Waals surface area contributed by atoms with Crippen LogP contribution in [-0.4, -0.2) is 41.9 Å². The monoisotopic (exact) mass is 446 g/mol. The Balaban J connectivity index is 1.36. The van der Waals surface area contributed by atoms with Crippen molar-refractivity contribution in [1.82, 2.24) is 19.8 Å². The molecule has 3 aromatic rings. The quantitative estimate of drug-likeness (QED) is 0.624. The predicted molar refractivity (Wildman–Crippen MR) is 112 cm³/mol. The van der Waals surface area contributed by atoms with Crippen LogP contribution in [0.3, 0.4) is 0 Å². The second-order valence-electron chi connectivity index (χ2n) is 7.23. The van der Waals surface area contributed by atoms with E-state index >= 15 is 0 Å². The molecule has 0 bridgehead atoms. The minimum Gasteiger partial charge on any atom is -0.347 e. The van der Waals surface area contributed by atoms with Crippen LogP contribution in [0.5, 0.6) is 0 Å². The van der Waals surface area contributed by atoms with Crippen LogP contribution in [0.25, 0.3) is 11.4 Å². The molecular formula is C20H22N4O4S2. The molecule has 0 radical (unpaired) electrons. The molecule has 1 fully saturated rings. The van der Waals surface area contributed by atoms with E-state index in [9.17, 15) is 13.2 Å². The third-order valence-corrected chi connectivity index (χ3v) is 8.24. The zero-order chi connectivity index (χ0) is 21.1. The minimum atomic E-state index is -3.55. The molecule has 1 amide bonds. The highest BCUT2D eigenvalue weighted by atomic mass is 32.2. The number of hydrogen-bond acceptors (Lipinski definition) is 7. The zero-order valence-corrected chi connectivity index (χ0v) is 18.1. The van der Waals surface area contributed by atoms with Crippen LogP contribution in [0.15, 0.2) is 50.5 Å². The number of aryl methyl sites for hydroxylation is 1. The van der Waals surface area contributed by atoms with Gasteiger partial charge in [0.1, 0.15) is 4.21 Å². The Kier molecular flexibility index (Phi) is 5.98. The van der Waals surface area contributed by atoms with Crippen LogP contribution < -0.4 is 5.32 Å². The summed E-state index contributed by atoms with van der Waals surface area (Å²) < 4.78 is 32.4. The first kappa shape index (κ1) is 20.7. The number of hydrogen-bond donors (Lipinski definition) is 1. The number of benzene rings is 1. The van der Waals surface area contributed by atoms with Gasteiger partial charge in [-0.3, -0.25) is 4.79 Å². The van der Waals surface area contributed by atoms with E-state index in [1.807, 2.05) is 31.2 Å². The summed E-state index contributed by atoms with van der Waals surface area (Å²) in [5.74, 6) is 0.150. The first-order valence-electron chi connectivity index (χ1n) is 9.64. The Hall–Kier alpha value is -2.56. The van der Waals surface area contributed by atoms with Gasteiger partial charge in [0.15, 0.2) is 0 Å². The van der Waals surface area contributed by atoms with Gasteiger partial charge in [-0.1, -0.05) is 35.0 Å². The van der Waals surface area contributed by atoms with Crippen LogP contribution >= 0.6 is 11.3 Å². The van der Waals surface area contributed by atoms with Gasteiger partial charge < -0.3 is 9.84 Å². The molecule has 10 heteroatoms. The molecule has 1 aliphatic rings. The smallest absolute Gasteiger partial charge is 0.252 e. The molecule has 0 spiro atoms. The first-order chi connectivity index (χ1) is 14.4. The van der Waals surface area contributed by atoms with Crippen molar-refractivity contribution in [1.29, 1.82) is 0 Å². The van der Waals surface area contributed by atoms with Crippen molar-refractivity contribution in [3.8, 4) is 11.4 Å². The van der Waals surface area contributed by atoms with Crippen molar-refractivity contribution in [2.24, 2.45) is 5.92 Å². The fraction of sp³-hybridized carbons (Fsp3) is 0.350. The van der Waals surface area contributed by atoms with E-state index in [1.54, 1.807) is 17.5 Å². The Morgan fingerprint density at radius 2 is 2.20 bits per heavy atom. The van der Waals surface area contributed by atoms with E-state index in [0.29, 0.717) is 35.3 Å². The molecule has 0 saturated carbocycles. The van der Waals surface area contributed by atoms with Crippen LogP contribution in [0.4, 0.5) is 0 Å². The first-order valence-corrected chi connectivity index (χ1v) is 12.0. The summed E-state index contributed by atoms with van der Waals surface area (Å²) in [4.78, 5) is 17.0. The van der Waals surface area contributed by atoms with E-state index in [-0.39, 0.29) is 19.0 Å². The molecule has 4 rings (SSSR count). The third-order valence-electron chi connectivity index (χ3n) is 5.00. The molecule has 1 aromatic carbocycles. The number of piperidine rings is 1. The number of rotatable bonds is 6. The highest BCUT2D eigenvalue weighted by Crippen LogP contribution is 2.26. The maximum absolute atomic E-state index is 12.7. The molecule has 1 N–H and O–H groups in total. The van der Waals surface area contributed by atoms with Gasteiger partial charge in [-0.15, -0.1) is 11.3 Å². The number of nitrogens with one attached hydrogen (secondary N) is 1. The van der Waals surface area contributed by atoms with E-state index in [4.69, 9.17) is 4.52 Å². The van der Waals surface area contributed by atoms with Gasteiger partial charge in [-0.25, -0.2) is 8.42 Å². The lowest BCUT2D eigenvalue weighted by molar-refractivity contribution is -0.126. The number of sulfonamides is 1. The zero-order valence-electron chi connectivity index (χ0n) is 16.4. The van der Waals surface area contributed by atoms with Gasteiger partial charge in [0.05, 0.1) is 12.5 Å². The number of thiophene rings is 1. The predicted octanol–water partition coefficient (Wildman–Crippen LogP) is 2.82. The minimum absolute atomic E-state index is 0.103. The normalized spacial score (nSPS) is 17.7. The molecule has 2 aromatic heterocycles. The standard InChI is InChI=1S/C20H22N4O4S2/c1-14-5-2-6-15(11-14)19-22-17(28-23-19)12-21-20(25)16-7-3-9-24(13-16)30(26,27)18-8-4-10-29-18/h2,4-6,8,10-11,16H,3,7,9,12-13H2,1H3,(H,21,25)/t16-/m1/s1. The topological polar surface area (TPSA) is 105 Å². The van der Waals surface area contributed by atoms with Gasteiger partial charge in [-0.2, -0.15) is 9.29 Å². The highest BCUT2D eigenvalue weighted by molar-refractivity contribution is 7.91. The molecule has 1 atom stereocenters. The van der Waals surface area contributed by atoms with Crippen LogP contribution in [0.2, 0.25) is 0 Å². The molecule has 8 nitrogen and oxygen atoms in total. The third kappa shape index (κ3) is 4.45. The second-order valence-corrected chi connectivity index (χ2v) is 10.3. The fourth-order valence-electron chi connectivity index (χ4n) is 3.45. The largest absolute Gasteiger partial charge is 0.347 e. The SMILES string of the molecule is Cc1cccc(-c2noc(CNC(=O)[C@@H]3CCCN(S(=O)(=O)c4cccs4)C3)n2)c1. The average Bonchev–Trinajstić information content (AvgIpc) is 3.45. The Morgan fingerprint density at radius 1 is 1.33 bits per heavy atom. The lowest BCUT2D eigenvalue weighted by Crippen LogP contribution is -2.45. The summed E-state index contributed by atoms with van der Waals surface area (Å²) in [5.41, 5.74) is 1.93. The second kappa shape index (κ2) is 8.66. The van der Waals surface area contributed by atoms with Crippen LogP contribution in [-0.2, 0) is 21.4 Å². The summed E-state index contributed by atoms with van der Waals surface area (Å²) in [7, 11) is -3.55. The van der Waals surface area contributed by atoms with Gasteiger partial charge >= 0.3 is 0 Å². The van der Waals surface area contributed by atoms with Gasteiger partial charge in [0.25, 0.3) is 10.0 Å². The van der Waals surface area contributed by atoms with Crippen molar-refractivity contribution < 1.29 is 17.7 Å². The molecule has 1 saturated heterocycles. The van der Waals surface area contributed by atoms with Crippen molar-refractivity contribution >= 4 is 27.3 Å². The van der Waals surface area contributed by atoms with E-state index < -0.39 is 15.9 Å². The fourth-order valence-corrected chi connectivity index (χ4v) is 6.12. The van der Waals surface area contributed by atoms with E-state index in [1.165, 1.54) is 15.6 Å². The molecule has 3 heterocycles. The van der Waals surface area contributed by atoms with Crippen molar-refractivity contribution in [3.63, 3.8) is 0 Å². The lowest BCUT2D eigenvalue weighted by atomic mass is 9.99. The number of nitrogens with zero attached hydrogens (tertiary/aromatic N) is 3. The van der Waals surface area contributed by atoms with E-state index in [0.717, 1.165) is 11.1 Å². The molecule has 30 heavy (non-hydrogen) atoms. The number of aromatic nitrogens is 2. The van der Waals surface area contributed by atoms with Gasteiger partial charge in [-0.05, 0) is 37.3 Å². The average molecular weight is 447 g/mol. The number of amides is 1. The lowest BCUT2D eigenvalue weighted by Gasteiger charge is -2.30. The van der Waals surface area contributed by atoms with Crippen molar-refractivity contribution in [2.75, 3.05) is 13.1 Å². The molecular weight excluding hydrogens is 424 g/mol. The summed E-state index contributed by atoms with van der Waals surface area (Å²) >= 11 is 1.18. The molecule has 0 unspecified atom stereocenters. The van der Waals surface area contributed by atoms with Crippen molar-refractivity contribution in [3.05, 3.63) is 53.2 Å². The van der Waals surface area contributed by atoms with Crippen LogP contribution in [0.1, 0.15) is 24.3 Å². The number of carbonyl (C=O) groups is 1. The maximum atomic E-state index is 12.7. The summed E-state index contributed by atoms with van der Waals surface area (Å²) in [6.07, 6.45) is 1.28. The Labute approximate surface area is 179 Å². The summed E-state index contributed by atoms with van der Waals surface area (Å²) in [6.45, 7) is 2.68. The van der Waals surface area contributed by atoms with Gasteiger partial charge in [0, 0.05) is 18.7 Å². The highest BCUT2D eigenvalue weighted by Gasteiger charge is 2.33. The Bertz CT molecular complexity index is 1130. The van der Waals surface area contributed by atoms with Crippen LogP contribution in [0, 0.1) is 12.8 Å². The molecule has 158 valence electrons. The number of carbonyl (C=O) groups excluding carboxylic acids is 1. The summed E-state index contributed by atoms with van der Waals surface area (Å²) in [6, 6.07) is 11.0.